The SMILES string of the molecule is CCOC(=O)[C@@]1(n2cc(C)c(=O)[nH]c2=O)C[C@H](CO)N(C)O1. The van der Waals surface area contributed by atoms with Crippen molar-refractivity contribution in [1.82, 2.24) is 14.6 Å². The lowest BCUT2D eigenvalue weighted by atomic mass is 10.0. The van der Waals surface area contributed by atoms with E-state index in [0.29, 0.717) is 0 Å². The number of esters is 1. The summed E-state index contributed by atoms with van der Waals surface area (Å²) in [7, 11) is 1.55. The van der Waals surface area contributed by atoms with Gasteiger partial charge in [0, 0.05) is 25.2 Å². The number of aromatic amines is 1. The molecule has 0 saturated carbocycles. The van der Waals surface area contributed by atoms with Gasteiger partial charge in [-0.2, -0.15) is 5.06 Å². The van der Waals surface area contributed by atoms with Crippen LogP contribution in [0.15, 0.2) is 15.8 Å². The number of hydrogen-bond donors (Lipinski definition) is 2. The van der Waals surface area contributed by atoms with Crippen LogP contribution in [0.3, 0.4) is 0 Å². The summed E-state index contributed by atoms with van der Waals surface area (Å²) in [4.78, 5) is 43.8. The number of rotatable bonds is 4. The Hall–Kier alpha value is -1.97. The molecular formula is C13H19N3O6. The average Bonchev–Trinajstić information content (AvgIpc) is 2.81. The number of aromatic nitrogens is 2. The number of nitrogens with one attached hydrogen (secondary N) is 1. The molecule has 1 aromatic rings. The Morgan fingerprint density at radius 2 is 2.27 bits per heavy atom. The van der Waals surface area contributed by atoms with Crippen LogP contribution >= 0.6 is 0 Å². The summed E-state index contributed by atoms with van der Waals surface area (Å²) in [5, 5.41) is 10.7. The molecule has 122 valence electrons. The van der Waals surface area contributed by atoms with Gasteiger partial charge in [0.15, 0.2) is 0 Å². The highest BCUT2D eigenvalue weighted by atomic mass is 16.7. The molecule has 0 spiro atoms. The predicted molar refractivity (Wildman–Crippen MR) is 75.0 cm³/mol. The van der Waals surface area contributed by atoms with Gasteiger partial charge in [0.1, 0.15) is 0 Å². The van der Waals surface area contributed by atoms with E-state index in [1.54, 1.807) is 14.0 Å². The van der Waals surface area contributed by atoms with Crippen molar-refractivity contribution in [1.29, 1.82) is 0 Å². The normalized spacial score (nSPS) is 25.4. The molecule has 0 unspecified atom stereocenters. The van der Waals surface area contributed by atoms with Gasteiger partial charge in [0.05, 0.1) is 19.3 Å². The number of nitrogens with zero attached hydrogens (tertiary/aromatic N) is 2. The number of aliphatic hydroxyl groups is 1. The summed E-state index contributed by atoms with van der Waals surface area (Å²) >= 11 is 0. The number of H-pyrrole nitrogens is 1. The molecule has 2 rings (SSSR count). The van der Waals surface area contributed by atoms with E-state index in [1.165, 1.54) is 18.2 Å². The van der Waals surface area contributed by atoms with E-state index < -0.39 is 29.0 Å². The predicted octanol–water partition coefficient (Wildman–Crippen LogP) is -1.31. The molecule has 1 aliphatic rings. The van der Waals surface area contributed by atoms with Crippen LogP contribution in [0.1, 0.15) is 18.9 Å². The Morgan fingerprint density at radius 3 is 2.82 bits per heavy atom. The highest BCUT2D eigenvalue weighted by molar-refractivity contribution is 5.77. The highest BCUT2D eigenvalue weighted by Crippen LogP contribution is 2.34. The molecule has 1 saturated heterocycles. The molecule has 0 radical (unpaired) electrons. The summed E-state index contributed by atoms with van der Waals surface area (Å²) < 4.78 is 6.03. The molecule has 1 aromatic heterocycles. The van der Waals surface area contributed by atoms with Crippen molar-refractivity contribution in [2.75, 3.05) is 20.3 Å². The minimum absolute atomic E-state index is 0.0181. The van der Waals surface area contributed by atoms with Gasteiger partial charge in [0.25, 0.3) is 11.3 Å². The number of hydrogen-bond acceptors (Lipinski definition) is 7. The first-order valence-electron chi connectivity index (χ1n) is 6.88. The first kappa shape index (κ1) is 16.4. The quantitative estimate of drug-likeness (QED) is 0.663. The largest absolute Gasteiger partial charge is 0.462 e. The van der Waals surface area contributed by atoms with E-state index in [-0.39, 0.29) is 25.2 Å². The van der Waals surface area contributed by atoms with E-state index in [0.717, 1.165) is 4.57 Å². The van der Waals surface area contributed by atoms with E-state index in [9.17, 15) is 19.5 Å². The van der Waals surface area contributed by atoms with Crippen molar-refractivity contribution < 1.29 is 19.5 Å². The maximum absolute atomic E-state index is 12.4. The molecule has 2 heterocycles. The van der Waals surface area contributed by atoms with Gasteiger partial charge in [-0.15, -0.1) is 0 Å². The number of carbonyl (C=O) groups excluding carboxylic acids is 1. The lowest BCUT2D eigenvalue weighted by molar-refractivity contribution is -0.238. The first-order valence-corrected chi connectivity index (χ1v) is 6.88. The zero-order chi connectivity index (χ0) is 16.5. The molecule has 1 aliphatic heterocycles. The van der Waals surface area contributed by atoms with Crippen molar-refractivity contribution in [2.45, 2.75) is 32.0 Å². The van der Waals surface area contributed by atoms with Crippen molar-refractivity contribution in [3.05, 3.63) is 32.6 Å². The van der Waals surface area contributed by atoms with Crippen molar-refractivity contribution >= 4 is 5.97 Å². The lowest BCUT2D eigenvalue weighted by Crippen LogP contribution is -2.50. The minimum Gasteiger partial charge on any atom is -0.462 e. The van der Waals surface area contributed by atoms with Gasteiger partial charge in [-0.3, -0.25) is 19.2 Å². The summed E-state index contributed by atoms with van der Waals surface area (Å²) in [5.74, 6) is -0.758. The number of aryl methyl sites for hydroxylation is 1. The third kappa shape index (κ3) is 2.58. The topological polar surface area (TPSA) is 114 Å². The van der Waals surface area contributed by atoms with Gasteiger partial charge >= 0.3 is 11.7 Å². The van der Waals surface area contributed by atoms with E-state index in [1.807, 2.05) is 0 Å². The monoisotopic (exact) mass is 313 g/mol. The number of aliphatic hydroxyl groups excluding tert-OH is 1. The van der Waals surface area contributed by atoms with Gasteiger partial charge in [0.2, 0.25) is 0 Å². The van der Waals surface area contributed by atoms with E-state index in [2.05, 4.69) is 4.98 Å². The fraction of sp³-hybridized carbons (Fsp3) is 0.615. The fourth-order valence-corrected chi connectivity index (χ4v) is 2.42. The summed E-state index contributed by atoms with van der Waals surface area (Å²) in [6, 6.07) is -0.483. The van der Waals surface area contributed by atoms with Crippen molar-refractivity contribution in [3.63, 3.8) is 0 Å². The minimum atomic E-state index is -1.75. The third-order valence-corrected chi connectivity index (χ3v) is 3.64. The van der Waals surface area contributed by atoms with Crippen LogP contribution in [0.2, 0.25) is 0 Å². The highest BCUT2D eigenvalue weighted by Gasteiger charge is 2.53. The summed E-state index contributed by atoms with van der Waals surface area (Å²) in [5.41, 5.74) is -2.81. The fourth-order valence-electron chi connectivity index (χ4n) is 2.42. The molecular weight excluding hydrogens is 294 g/mol. The number of carbonyl (C=O) groups is 1. The number of ether oxygens (including phenoxy) is 1. The van der Waals surface area contributed by atoms with Crippen molar-refractivity contribution in [3.8, 4) is 0 Å². The third-order valence-electron chi connectivity index (χ3n) is 3.64. The standard InChI is InChI=1S/C13H19N3O6/c1-4-21-11(19)13(5-9(7-17)15(3)22-13)16-6-8(2)10(18)14-12(16)20/h6,9,17H,4-5,7H2,1-3H3,(H,14,18,20)/t9-,13-/m1/s1. The average molecular weight is 313 g/mol. The Morgan fingerprint density at radius 1 is 1.59 bits per heavy atom. The molecule has 2 atom stereocenters. The molecule has 0 bridgehead atoms. The Balaban J connectivity index is 2.61. The van der Waals surface area contributed by atoms with Gasteiger partial charge in [-0.05, 0) is 13.8 Å². The van der Waals surface area contributed by atoms with Crippen LogP contribution in [0.4, 0.5) is 0 Å². The number of hydroxylamine groups is 2. The molecule has 9 nitrogen and oxygen atoms in total. The molecule has 1 fully saturated rings. The van der Waals surface area contributed by atoms with Gasteiger partial charge in [-0.25, -0.2) is 9.59 Å². The zero-order valence-electron chi connectivity index (χ0n) is 12.7. The lowest BCUT2D eigenvalue weighted by Gasteiger charge is -2.27. The van der Waals surface area contributed by atoms with Gasteiger partial charge in [-0.1, -0.05) is 0 Å². The molecule has 0 amide bonds. The molecule has 0 aliphatic carbocycles. The second-order valence-electron chi connectivity index (χ2n) is 5.12. The molecule has 9 heteroatoms. The summed E-state index contributed by atoms with van der Waals surface area (Å²) in [6.45, 7) is 2.99. The smallest absolute Gasteiger partial charge is 0.362 e. The Bertz CT molecular complexity index is 681. The number of likely N-dealkylation sites (N-methyl/N-ethyl adjacent to an activating group) is 1. The van der Waals surface area contributed by atoms with Crippen LogP contribution in [0, 0.1) is 6.92 Å². The van der Waals surface area contributed by atoms with E-state index in [4.69, 9.17) is 9.57 Å². The summed E-state index contributed by atoms with van der Waals surface area (Å²) in [6.07, 6.45) is 1.27. The second-order valence-corrected chi connectivity index (χ2v) is 5.12. The molecule has 0 aromatic carbocycles. The molecule has 2 N–H and O–H groups in total. The van der Waals surface area contributed by atoms with Crippen LogP contribution in [0.5, 0.6) is 0 Å². The van der Waals surface area contributed by atoms with Gasteiger partial charge < -0.3 is 9.84 Å². The van der Waals surface area contributed by atoms with Crippen LogP contribution in [-0.2, 0) is 20.1 Å². The van der Waals surface area contributed by atoms with Crippen LogP contribution < -0.4 is 11.2 Å². The maximum atomic E-state index is 12.4. The first-order chi connectivity index (χ1) is 10.4. The van der Waals surface area contributed by atoms with Crippen molar-refractivity contribution in [2.24, 2.45) is 0 Å². The van der Waals surface area contributed by atoms with Crippen LogP contribution in [0.25, 0.3) is 0 Å². The Labute approximate surface area is 126 Å². The van der Waals surface area contributed by atoms with Crippen LogP contribution in [-0.4, -0.2) is 52.0 Å². The zero-order valence-corrected chi connectivity index (χ0v) is 12.7. The Kier molecular flexibility index (Phi) is 4.50. The molecule has 22 heavy (non-hydrogen) atoms. The second kappa shape index (κ2) is 6.03. The maximum Gasteiger partial charge on any atom is 0.362 e. The van der Waals surface area contributed by atoms with E-state index >= 15 is 0 Å².